The Bertz CT molecular complexity index is 681. The molecule has 0 bridgehead atoms. The summed E-state index contributed by atoms with van der Waals surface area (Å²) < 4.78 is 13.9. The second kappa shape index (κ2) is 6.22. The van der Waals surface area contributed by atoms with Gasteiger partial charge in [0.15, 0.2) is 0 Å². The van der Waals surface area contributed by atoms with Gasteiger partial charge in [-0.15, -0.1) is 11.3 Å². The smallest absolute Gasteiger partial charge is 0.308 e. The topological polar surface area (TPSA) is 66.4 Å². The predicted octanol–water partition coefficient (Wildman–Crippen LogP) is 3.13. The minimum Gasteiger partial charge on any atom is -0.481 e. The van der Waals surface area contributed by atoms with Gasteiger partial charge in [0, 0.05) is 11.2 Å². The second-order valence-electron chi connectivity index (χ2n) is 5.19. The van der Waals surface area contributed by atoms with E-state index in [9.17, 15) is 14.0 Å². The first-order valence-corrected chi connectivity index (χ1v) is 7.40. The summed E-state index contributed by atoms with van der Waals surface area (Å²) in [6.45, 7) is 3.68. The fourth-order valence-electron chi connectivity index (χ4n) is 2.02. The van der Waals surface area contributed by atoms with Crippen LogP contribution in [0.2, 0.25) is 0 Å². The van der Waals surface area contributed by atoms with Gasteiger partial charge in [-0.2, -0.15) is 0 Å². The number of hydrogen-bond acceptors (Lipinski definition) is 3. The largest absolute Gasteiger partial charge is 0.481 e. The number of thiophene rings is 1. The maximum Gasteiger partial charge on any atom is 0.308 e. The lowest BCUT2D eigenvalue weighted by atomic mass is 9.96. The van der Waals surface area contributed by atoms with Crippen LogP contribution >= 0.6 is 11.3 Å². The number of aliphatic carboxylic acids is 1. The summed E-state index contributed by atoms with van der Waals surface area (Å²) in [5.74, 6) is -2.30. The van der Waals surface area contributed by atoms with E-state index in [4.69, 9.17) is 5.11 Å². The number of carboxylic acids is 1. The second-order valence-corrected chi connectivity index (χ2v) is 6.28. The lowest BCUT2D eigenvalue weighted by Gasteiger charge is -2.16. The van der Waals surface area contributed by atoms with Crippen LogP contribution in [-0.2, 0) is 4.79 Å². The van der Waals surface area contributed by atoms with E-state index < -0.39 is 11.9 Å². The first-order chi connectivity index (χ1) is 9.88. The monoisotopic (exact) mass is 309 g/mol. The average Bonchev–Trinajstić information content (AvgIpc) is 2.80. The standard InChI is InChI=1S/C15H16FNO3S/c1-8(2)11(15(19)20)7-17-14(18)13-6-9-5-10(16)3-4-12(9)21-13/h3-6,8,11H,7H2,1-2H3,(H,17,18)(H,19,20). The van der Waals surface area contributed by atoms with Crippen LogP contribution in [0.3, 0.4) is 0 Å². The molecule has 21 heavy (non-hydrogen) atoms. The lowest BCUT2D eigenvalue weighted by Crippen LogP contribution is -2.35. The Labute approximate surface area is 125 Å². The normalized spacial score (nSPS) is 12.6. The number of fused-ring (bicyclic) bond motifs is 1. The number of amides is 1. The highest BCUT2D eigenvalue weighted by Gasteiger charge is 2.22. The van der Waals surface area contributed by atoms with Crippen LogP contribution < -0.4 is 5.32 Å². The summed E-state index contributed by atoms with van der Waals surface area (Å²) in [7, 11) is 0. The first-order valence-electron chi connectivity index (χ1n) is 6.58. The maximum absolute atomic E-state index is 13.1. The van der Waals surface area contributed by atoms with Crippen LogP contribution in [0.15, 0.2) is 24.3 Å². The molecule has 1 atom stereocenters. The number of nitrogens with one attached hydrogen (secondary N) is 1. The zero-order valence-corrected chi connectivity index (χ0v) is 12.5. The molecule has 2 N–H and O–H groups in total. The summed E-state index contributed by atoms with van der Waals surface area (Å²) >= 11 is 1.26. The molecule has 0 spiro atoms. The molecule has 112 valence electrons. The van der Waals surface area contributed by atoms with E-state index in [1.807, 2.05) is 0 Å². The van der Waals surface area contributed by atoms with Crippen molar-refractivity contribution >= 4 is 33.3 Å². The fraction of sp³-hybridized carbons (Fsp3) is 0.333. The van der Waals surface area contributed by atoms with Crippen LogP contribution in [0.25, 0.3) is 10.1 Å². The number of carboxylic acid groups (broad SMARTS) is 1. The van der Waals surface area contributed by atoms with Crippen LogP contribution in [0.1, 0.15) is 23.5 Å². The van der Waals surface area contributed by atoms with Gasteiger partial charge >= 0.3 is 5.97 Å². The van der Waals surface area contributed by atoms with Crippen molar-refractivity contribution in [1.82, 2.24) is 5.32 Å². The Morgan fingerprint density at radius 3 is 2.67 bits per heavy atom. The number of halogens is 1. The summed E-state index contributed by atoms with van der Waals surface area (Å²) in [6.07, 6.45) is 0. The van der Waals surface area contributed by atoms with E-state index in [0.29, 0.717) is 10.3 Å². The Kier molecular flexibility index (Phi) is 4.57. The summed E-state index contributed by atoms with van der Waals surface area (Å²) in [6, 6.07) is 5.96. The molecule has 1 aromatic carbocycles. The fourth-order valence-corrected chi connectivity index (χ4v) is 2.98. The number of carbonyl (C=O) groups is 2. The van der Waals surface area contributed by atoms with Gasteiger partial charge in [0.1, 0.15) is 5.82 Å². The van der Waals surface area contributed by atoms with Crippen LogP contribution in [0, 0.1) is 17.7 Å². The Morgan fingerprint density at radius 2 is 2.05 bits per heavy atom. The van der Waals surface area contributed by atoms with Crippen molar-refractivity contribution in [2.45, 2.75) is 13.8 Å². The minimum atomic E-state index is -0.927. The Hall–Kier alpha value is -1.95. The predicted molar refractivity (Wildman–Crippen MR) is 80.1 cm³/mol. The molecular weight excluding hydrogens is 293 g/mol. The van der Waals surface area contributed by atoms with E-state index in [0.717, 1.165) is 4.70 Å². The van der Waals surface area contributed by atoms with Gasteiger partial charge < -0.3 is 10.4 Å². The molecule has 0 aliphatic carbocycles. The zero-order chi connectivity index (χ0) is 15.6. The molecule has 1 heterocycles. The summed E-state index contributed by atoms with van der Waals surface area (Å²) in [4.78, 5) is 23.6. The molecule has 1 amide bonds. The van der Waals surface area contributed by atoms with Gasteiger partial charge in [0.2, 0.25) is 0 Å². The molecule has 0 radical (unpaired) electrons. The van der Waals surface area contributed by atoms with E-state index in [-0.39, 0.29) is 24.2 Å². The van der Waals surface area contributed by atoms with E-state index >= 15 is 0 Å². The minimum absolute atomic E-state index is 0.0701. The highest BCUT2D eigenvalue weighted by molar-refractivity contribution is 7.20. The van der Waals surface area contributed by atoms with Crippen molar-refractivity contribution < 1.29 is 19.1 Å². The van der Waals surface area contributed by atoms with Gasteiger partial charge in [-0.25, -0.2) is 4.39 Å². The van der Waals surface area contributed by atoms with Gasteiger partial charge in [-0.3, -0.25) is 9.59 Å². The number of rotatable bonds is 5. The molecule has 6 heteroatoms. The van der Waals surface area contributed by atoms with Gasteiger partial charge in [0.25, 0.3) is 5.91 Å². The van der Waals surface area contributed by atoms with E-state index in [1.165, 1.54) is 23.5 Å². The van der Waals surface area contributed by atoms with Crippen molar-refractivity contribution in [2.75, 3.05) is 6.54 Å². The number of benzene rings is 1. The van der Waals surface area contributed by atoms with Crippen molar-refractivity contribution in [3.8, 4) is 0 Å². The average molecular weight is 309 g/mol. The van der Waals surface area contributed by atoms with Crippen LogP contribution in [0.5, 0.6) is 0 Å². The van der Waals surface area contributed by atoms with Crippen molar-refractivity contribution in [3.05, 3.63) is 35.0 Å². The van der Waals surface area contributed by atoms with E-state index in [2.05, 4.69) is 5.32 Å². The molecule has 0 saturated carbocycles. The van der Waals surface area contributed by atoms with Crippen molar-refractivity contribution in [3.63, 3.8) is 0 Å². The summed E-state index contributed by atoms with van der Waals surface area (Å²) in [5, 5.41) is 12.4. The maximum atomic E-state index is 13.1. The number of hydrogen-bond donors (Lipinski definition) is 2. The molecular formula is C15H16FNO3S. The third-order valence-corrected chi connectivity index (χ3v) is 4.42. The molecule has 0 aliphatic heterocycles. The van der Waals surface area contributed by atoms with Crippen LogP contribution in [0.4, 0.5) is 4.39 Å². The summed E-state index contributed by atoms with van der Waals surface area (Å²) in [5.41, 5.74) is 0. The Balaban J connectivity index is 2.10. The zero-order valence-electron chi connectivity index (χ0n) is 11.7. The first kappa shape index (κ1) is 15.4. The van der Waals surface area contributed by atoms with Crippen LogP contribution in [-0.4, -0.2) is 23.5 Å². The molecule has 4 nitrogen and oxygen atoms in total. The molecule has 0 fully saturated rings. The number of carbonyl (C=O) groups excluding carboxylic acids is 1. The van der Waals surface area contributed by atoms with E-state index in [1.54, 1.807) is 26.0 Å². The van der Waals surface area contributed by atoms with Crippen molar-refractivity contribution in [2.24, 2.45) is 11.8 Å². The lowest BCUT2D eigenvalue weighted by molar-refractivity contribution is -0.142. The Morgan fingerprint density at radius 1 is 1.33 bits per heavy atom. The van der Waals surface area contributed by atoms with Gasteiger partial charge in [-0.1, -0.05) is 13.8 Å². The SMILES string of the molecule is CC(C)C(CNC(=O)c1cc2cc(F)ccc2s1)C(=O)O. The van der Waals surface area contributed by atoms with Gasteiger partial charge in [-0.05, 0) is 35.6 Å². The molecule has 2 aromatic rings. The van der Waals surface area contributed by atoms with Gasteiger partial charge in [0.05, 0.1) is 10.8 Å². The molecule has 0 saturated heterocycles. The molecule has 2 rings (SSSR count). The molecule has 0 aliphatic rings. The highest BCUT2D eigenvalue weighted by Crippen LogP contribution is 2.26. The quantitative estimate of drug-likeness (QED) is 0.891. The molecule has 1 aromatic heterocycles. The molecule has 1 unspecified atom stereocenters. The third kappa shape index (κ3) is 3.58. The van der Waals surface area contributed by atoms with Crippen molar-refractivity contribution in [1.29, 1.82) is 0 Å². The highest BCUT2D eigenvalue weighted by atomic mass is 32.1. The third-order valence-electron chi connectivity index (χ3n) is 3.31.